The zero-order chi connectivity index (χ0) is 13.4. The van der Waals surface area contributed by atoms with E-state index in [0.29, 0.717) is 13.2 Å². The molecule has 2 aliphatic rings. The van der Waals surface area contributed by atoms with Crippen LogP contribution in [0.1, 0.15) is 24.4 Å². The zero-order valence-corrected chi connectivity index (χ0v) is 12.6. The lowest BCUT2D eigenvalue weighted by Crippen LogP contribution is -2.29. The third-order valence-corrected chi connectivity index (χ3v) is 4.45. The normalized spacial score (nSPS) is 27.3. The molecule has 0 aliphatic carbocycles. The SMILES string of the molecule is CN1CCC(N)C1c1cc(Br)c2c(c1)OCCCO2. The van der Waals surface area contributed by atoms with Crippen molar-refractivity contribution in [3.05, 3.63) is 22.2 Å². The molecule has 0 aromatic heterocycles. The van der Waals surface area contributed by atoms with Crippen LogP contribution >= 0.6 is 15.9 Å². The predicted molar refractivity (Wildman–Crippen MR) is 77.7 cm³/mol. The predicted octanol–water partition coefficient (Wildman–Crippen LogP) is 2.31. The van der Waals surface area contributed by atoms with Crippen LogP contribution in [-0.2, 0) is 0 Å². The first-order valence-corrected chi connectivity index (χ1v) is 7.51. The van der Waals surface area contributed by atoms with Crippen molar-refractivity contribution in [1.29, 1.82) is 0 Å². The van der Waals surface area contributed by atoms with Crippen molar-refractivity contribution < 1.29 is 9.47 Å². The van der Waals surface area contributed by atoms with Crippen LogP contribution in [0.5, 0.6) is 11.5 Å². The van der Waals surface area contributed by atoms with Gasteiger partial charge in [-0.1, -0.05) is 0 Å². The lowest BCUT2D eigenvalue weighted by Gasteiger charge is -2.24. The van der Waals surface area contributed by atoms with E-state index in [1.165, 1.54) is 5.56 Å². The van der Waals surface area contributed by atoms with Crippen LogP contribution in [0.2, 0.25) is 0 Å². The molecule has 0 amide bonds. The summed E-state index contributed by atoms with van der Waals surface area (Å²) < 4.78 is 12.5. The van der Waals surface area contributed by atoms with E-state index in [-0.39, 0.29) is 12.1 Å². The highest BCUT2D eigenvalue weighted by atomic mass is 79.9. The molecule has 1 saturated heterocycles. The molecule has 2 unspecified atom stereocenters. The van der Waals surface area contributed by atoms with Gasteiger partial charge in [0.1, 0.15) is 0 Å². The Hall–Kier alpha value is -0.780. The molecular weight excluding hydrogens is 308 g/mol. The molecule has 2 heterocycles. The van der Waals surface area contributed by atoms with Gasteiger partial charge >= 0.3 is 0 Å². The van der Waals surface area contributed by atoms with E-state index in [0.717, 1.165) is 35.4 Å². The smallest absolute Gasteiger partial charge is 0.175 e. The van der Waals surface area contributed by atoms with E-state index in [1.807, 2.05) is 0 Å². The maximum absolute atomic E-state index is 6.23. The van der Waals surface area contributed by atoms with Crippen LogP contribution in [0.4, 0.5) is 0 Å². The molecule has 1 aromatic rings. The molecule has 5 heteroatoms. The summed E-state index contributed by atoms with van der Waals surface area (Å²) in [6.45, 7) is 2.45. The molecule has 0 bridgehead atoms. The molecule has 4 nitrogen and oxygen atoms in total. The molecule has 2 atom stereocenters. The highest BCUT2D eigenvalue weighted by Crippen LogP contribution is 2.41. The minimum Gasteiger partial charge on any atom is -0.490 e. The number of fused-ring (bicyclic) bond motifs is 1. The highest BCUT2D eigenvalue weighted by molar-refractivity contribution is 9.10. The molecule has 0 saturated carbocycles. The molecule has 2 aliphatic heterocycles. The summed E-state index contributed by atoms with van der Waals surface area (Å²) in [6, 6.07) is 4.63. The molecule has 0 radical (unpaired) electrons. The number of ether oxygens (including phenoxy) is 2. The van der Waals surface area contributed by atoms with Crippen LogP contribution in [0.15, 0.2) is 16.6 Å². The zero-order valence-electron chi connectivity index (χ0n) is 11.1. The Bertz CT molecular complexity index is 471. The van der Waals surface area contributed by atoms with Crippen molar-refractivity contribution in [2.45, 2.75) is 24.9 Å². The third-order valence-electron chi connectivity index (χ3n) is 3.86. The molecule has 1 fully saturated rings. The lowest BCUT2D eigenvalue weighted by atomic mass is 10.0. The Morgan fingerprint density at radius 2 is 2.11 bits per heavy atom. The van der Waals surface area contributed by atoms with Gasteiger partial charge in [0.05, 0.1) is 17.7 Å². The fourth-order valence-corrected chi connectivity index (χ4v) is 3.47. The molecule has 1 aromatic carbocycles. The largest absolute Gasteiger partial charge is 0.490 e. The quantitative estimate of drug-likeness (QED) is 0.860. The number of hydrogen-bond acceptors (Lipinski definition) is 4. The Labute approximate surface area is 122 Å². The van der Waals surface area contributed by atoms with Gasteiger partial charge in [0.25, 0.3) is 0 Å². The van der Waals surface area contributed by atoms with Gasteiger partial charge in [0.2, 0.25) is 0 Å². The first kappa shape index (κ1) is 13.2. The number of likely N-dealkylation sites (tertiary alicyclic amines) is 1. The Balaban J connectivity index is 1.99. The molecule has 0 spiro atoms. The average Bonchev–Trinajstić information content (AvgIpc) is 2.60. The lowest BCUT2D eigenvalue weighted by molar-refractivity contribution is 0.295. The van der Waals surface area contributed by atoms with Crippen molar-refractivity contribution in [3.8, 4) is 11.5 Å². The number of hydrogen-bond donors (Lipinski definition) is 1. The number of rotatable bonds is 1. The fourth-order valence-electron chi connectivity index (χ4n) is 2.90. The van der Waals surface area contributed by atoms with Crippen molar-refractivity contribution >= 4 is 15.9 Å². The number of nitrogens with two attached hydrogens (primary N) is 1. The summed E-state index contributed by atoms with van der Waals surface area (Å²) in [4.78, 5) is 2.30. The number of halogens is 1. The second-order valence-electron chi connectivity index (χ2n) is 5.26. The summed E-state index contributed by atoms with van der Waals surface area (Å²) in [5.74, 6) is 1.64. The summed E-state index contributed by atoms with van der Waals surface area (Å²) in [5.41, 5.74) is 7.43. The molecule has 3 rings (SSSR count). The minimum absolute atomic E-state index is 0.182. The van der Waals surface area contributed by atoms with Crippen LogP contribution in [0, 0.1) is 0 Å². The Morgan fingerprint density at radius 1 is 1.32 bits per heavy atom. The molecule has 19 heavy (non-hydrogen) atoms. The maximum atomic E-state index is 6.23. The van der Waals surface area contributed by atoms with E-state index in [9.17, 15) is 0 Å². The summed E-state index contributed by atoms with van der Waals surface area (Å²) in [6.07, 6.45) is 1.95. The van der Waals surface area contributed by atoms with Gasteiger partial charge in [-0.2, -0.15) is 0 Å². The second-order valence-corrected chi connectivity index (χ2v) is 6.11. The van der Waals surface area contributed by atoms with E-state index in [4.69, 9.17) is 15.2 Å². The highest BCUT2D eigenvalue weighted by Gasteiger charge is 2.31. The standard InChI is InChI=1S/C14H19BrN2O2/c1-17-4-3-11(16)13(17)9-7-10(15)14-12(8-9)18-5-2-6-19-14/h7-8,11,13H,2-6,16H2,1H3. The van der Waals surface area contributed by atoms with Gasteiger partial charge in [-0.15, -0.1) is 0 Å². The van der Waals surface area contributed by atoms with Gasteiger partial charge < -0.3 is 15.2 Å². The molecular formula is C14H19BrN2O2. The van der Waals surface area contributed by atoms with Gasteiger partial charge in [0.15, 0.2) is 11.5 Å². The monoisotopic (exact) mass is 326 g/mol. The van der Waals surface area contributed by atoms with Gasteiger partial charge in [-0.3, -0.25) is 4.90 Å². The van der Waals surface area contributed by atoms with Crippen LogP contribution in [0.25, 0.3) is 0 Å². The molecule has 104 valence electrons. The molecule has 2 N–H and O–H groups in total. The average molecular weight is 327 g/mol. The van der Waals surface area contributed by atoms with Crippen molar-refractivity contribution in [1.82, 2.24) is 4.90 Å². The number of nitrogens with zero attached hydrogens (tertiary/aromatic N) is 1. The summed E-state index contributed by atoms with van der Waals surface area (Å²) in [5, 5.41) is 0. The summed E-state index contributed by atoms with van der Waals surface area (Å²) in [7, 11) is 2.12. The maximum Gasteiger partial charge on any atom is 0.175 e. The first-order valence-electron chi connectivity index (χ1n) is 6.71. The third kappa shape index (κ3) is 2.47. The van der Waals surface area contributed by atoms with Crippen LogP contribution < -0.4 is 15.2 Å². The summed E-state index contributed by atoms with van der Waals surface area (Å²) >= 11 is 3.59. The van der Waals surface area contributed by atoms with Gasteiger partial charge in [-0.25, -0.2) is 0 Å². The first-order chi connectivity index (χ1) is 9.16. The number of likely N-dealkylation sites (N-methyl/N-ethyl adjacent to an activating group) is 1. The van der Waals surface area contributed by atoms with Crippen LogP contribution in [-0.4, -0.2) is 37.7 Å². The fraction of sp³-hybridized carbons (Fsp3) is 0.571. The van der Waals surface area contributed by atoms with Crippen molar-refractivity contribution in [3.63, 3.8) is 0 Å². The van der Waals surface area contributed by atoms with Crippen LogP contribution in [0.3, 0.4) is 0 Å². The topological polar surface area (TPSA) is 47.7 Å². The van der Waals surface area contributed by atoms with Gasteiger partial charge in [-0.05, 0) is 47.1 Å². The van der Waals surface area contributed by atoms with E-state index >= 15 is 0 Å². The Kier molecular flexibility index (Phi) is 3.69. The van der Waals surface area contributed by atoms with E-state index < -0.39 is 0 Å². The number of benzene rings is 1. The van der Waals surface area contributed by atoms with E-state index in [2.05, 4.69) is 40.0 Å². The van der Waals surface area contributed by atoms with E-state index in [1.54, 1.807) is 0 Å². The minimum atomic E-state index is 0.182. The van der Waals surface area contributed by atoms with Gasteiger partial charge in [0, 0.05) is 25.0 Å². The van der Waals surface area contributed by atoms with Crippen molar-refractivity contribution in [2.24, 2.45) is 5.73 Å². The Morgan fingerprint density at radius 3 is 2.84 bits per heavy atom. The second kappa shape index (κ2) is 5.31. The van der Waals surface area contributed by atoms with Crippen molar-refractivity contribution in [2.75, 3.05) is 26.8 Å².